The van der Waals surface area contributed by atoms with E-state index in [0.29, 0.717) is 52.4 Å². The van der Waals surface area contributed by atoms with E-state index in [2.05, 4.69) is 10.7 Å². The zero-order valence-electron chi connectivity index (χ0n) is 18.4. The molecule has 1 fully saturated rings. The molecule has 0 aliphatic carbocycles. The first-order valence-electron chi connectivity index (χ1n) is 10.4. The molecule has 0 saturated carbocycles. The Hall–Kier alpha value is -2.36. The molecule has 0 bridgehead atoms. The molecule has 1 aliphatic heterocycles. The molecule has 0 aromatic carbocycles. The van der Waals surface area contributed by atoms with Crippen LogP contribution >= 0.6 is 0 Å². The summed E-state index contributed by atoms with van der Waals surface area (Å²) in [6.45, 7) is 3.84. The van der Waals surface area contributed by atoms with Crippen molar-refractivity contribution in [3.63, 3.8) is 0 Å². The predicted molar refractivity (Wildman–Crippen MR) is 114 cm³/mol. The molecular formula is C18H35N7O7. The molecule has 14 heteroatoms. The fourth-order valence-corrected chi connectivity index (χ4v) is 3.32. The topological polar surface area (TPSA) is 192 Å². The summed E-state index contributed by atoms with van der Waals surface area (Å²) in [5, 5.41) is 30.3. The molecule has 1 unspecified atom stereocenters. The molecule has 14 nitrogen and oxygen atoms in total. The van der Waals surface area contributed by atoms with E-state index in [1.807, 2.05) is 4.90 Å². The maximum absolute atomic E-state index is 12.3. The summed E-state index contributed by atoms with van der Waals surface area (Å²) in [4.78, 5) is 52.9. The third-order valence-electron chi connectivity index (χ3n) is 5.00. The molecule has 1 saturated heterocycles. The van der Waals surface area contributed by atoms with Gasteiger partial charge >= 0.3 is 17.9 Å². The zero-order valence-corrected chi connectivity index (χ0v) is 18.4. The summed E-state index contributed by atoms with van der Waals surface area (Å²) < 4.78 is 0. The Balaban J connectivity index is 2.93. The first-order valence-corrected chi connectivity index (χ1v) is 10.4. The standard InChI is InChI=1S/C18H35N7O7/c1-14(21-19)20-15(26)10-22-2-4-23(11-16(27)28)6-8-25(13-18(31)32)9-7-24(5-3-22)12-17(29)30/h14,21H,2-13,19H2,1H3,(H,20,26)(H,27,28)(H,29,30)(H,31,32). The van der Waals surface area contributed by atoms with Crippen LogP contribution in [0.15, 0.2) is 0 Å². The van der Waals surface area contributed by atoms with Gasteiger partial charge in [0.2, 0.25) is 5.91 Å². The van der Waals surface area contributed by atoms with Gasteiger partial charge in [-0.1, -0.05) is 0 Å². The summed E-state index contributed by atoms with van der Waals surface area (Å²) in [6.07, 6.45) is -0.429. The number of carboxylic acids is 3. The van der Waals surface area contributed by atoms with Crippen LogP contribution < -0.4 is 16.6 Å². The number of hydrogen-bond acceptors (Lipinski definition) is 10. The summed E-state index contributed by atoms with van der Waals surface area (Å²) >= 11 is 0. The fraction of sp³-hybridized carbons (Fsp3) is 0.778. The van der Waals surface area contributed by atoms with Crippen LogP contribution in [0.4, 0.5) is 0 Å². The van der Waals surface area contributed by atoms with Gasteiger partial charge in [-0.3, -0.25) is 44.6 Å². The van der Waals surface area contributed by atoms with E-state index in [4.69, 9.17) is 10.9 Å². The molecule has 0 spiro atoms. The normalized spacial score (nSPS) is 19.4. The number of nitrogens with two attached hydrogens (primary N) is 1. The second kappa shape index (κ2) is 14.7. The molecule has 1 amide bonds. The Kier molecular flexibility index (Phi) is 12.7. The minimum absolute atomic E-state index is 0.0407. The van der Waals surface area contributed by atoms with E-state index in [9.17, 15) is 29.4 Å². The Morgan fingerprint density at radius 1 is 0.688 bits per heavy atom. The van der Waals surface area contributed by atoms with E-state index in [-0.39, 0.29) is 32.1 Å². The Labute approximate surface area is 186 Å². The molecule has 7 N–H and O–H groups in total. The van der Waals surface area contributed by atoms with E-state index in [1.165, 1.54) is 0 Å². The number of carbonyl (C=O) groups excluding carboxylic acids is 1. The second-order valence-electron chi connectivity index (χ2n) is 7.74. The number of rotatable bonds is 10. The van der Waals surface area contributed by atoms with Crippen molar-refractivity contribution in [2.24, 2.45) is 5.84 Å². The average Bonchev–Trinajstić information content (AvgIpc) is 2.68. The van der Waals surface area contributed by atoms with Gasteiger partial charge in [0, 0.05) is 52.4 Å². The smallest absolute Gasteiger partial charge is 0.317 e. The minimum Gasteiger partial charge on any atom is -0.480 e. The lowest BCUT2D eigenvalue weighted by atomic mass is 10.3. The van der Waals surface area contributed by atoms with E-state index < -0.39 is 24.1 Å². The lowest BCUT2D eigenvalue weighted by Gasteiger charge is -2.33. The minimum atomic E-state index is -1.01. The van der Waals surface area contributed by atoms with Crippen LogP contribution in [-0.4, -0.2) is 143 Å². The van der Waals surface area contributed by atoms with Gasteiger partial charge < -0.3 is 20.6 Å². The number of hydrazine groups is 1. The summed E-state index contributed by atoms with van der Waals surface area (Å²) in [6, 6.07) is 0. The Morgan fingerprint density at radius 3 is 1.22 bits per heavy atom. The fourth-order valence-electron chi connectivity index (χ4n) is 3.32. The highest BCUT2D eigenvalue weighted by molar-refractivity contribution is 5.78. The van der Waals surface area contributed by atoms with Crippen LogP contribution in [0.2, 0.25) is 0 Å². The number of hydrogen-bond donors (Lipinski definition) is 6. The highest BCUT2D eigenvalue weighted by Crippen LogP contribution is 2.01. The molecule has 32 heavy (non-hydrogen) atoms. The zero-order chi connectivity index (χ0) is 24.1. The van der Waals surface area contributed by atoms with Crippen LogP contribution in [0.5, 0.6) is 0 Å². The third kappa shape index (κ3) is 12.5. The number of nitrogens with zero attached hydrogens (tertiary/aromatic N) is 4. The summed E-state index contributed by atoms with van der Waals surface area (Å²) in [5.74, 6) is 2.02. The Bertz CT molecular complexity index is 605. The highest BCUT2D eigenvalue weighted by Gasteiger charge is 2.21. The van der Waals surface area contributed by atoms with Crippen LogP contribution in [0.3, 0.4) is 0 Å². The highest BCUT2D eigenvalue weighted by atomic mass is 16.4. The van der Waals surface area contributed by atoms with Gasteiger partial charge in [-0.2, -0.15) is 0 Å². The number of carbonyl (C=O) groups is 4. The molecule has 1 aliphatic rings. The van der Waals surface area contributed by atoms with Gasteiger partial charge in [-0.05, 0) is 6.92 Å². The molecular weight excluding hydrogens is 426 g/mol. The van der Waals surface area contributed by atoms with Crippen molar-refractivity contribution in [3.05, 3.63) is 0 Å². The van der Waals surface area contributed by atoms with Gasteiger partial charge in [0.25, 0.3) is 0 Å². The Morgan fingerprint density at radius 2 is 0.969 bits per heavy atom. The van der Waals surface area contributed by atoms with Crippen molar-refractivity contribution >= 4 is 23.8 Å². The third-order valence-corrected chi connectivity index (χ3v) is 5.00. The van der Waals surface area contributed by atoms with Gasteiger partial charge in [-0.25, -0.2) is 5.43 Å². The molecule has 0 radical (unpaired) electrons. The van der Waals surface area contributed by atoms with Crippen molar-refractivity contribution in [2.75, 3.05) is 78.5 Å². The molecule has 0 aromatic heterocycles. The number of carboxylic acid groups (broad SMARTS) is 3. The molecule has 1 rings (SSSR count). The monoisotopic (exact) mass is 461 g/mol. The summed E-state index contributed by atoms with van der Waals surface area (Å²) in [5.41, 5.74) is 2.42. The SMILES string of the molecule is CC(NN)NC(=O)CN1CCN(CC(=O)O)CCN(CC(=O)O)CCN(CC(=O)O)CC1. The van der Waals surface area contributed by atoms with Crippen LogP contribution in [0, 0.1) is 0 Å². The summed E-state index contributed by atoms with van der Waals surface area (Å²) in [7, 11) is 0. The van der Waals surface area contributed by atoms with Crippen molar-refractivity contribution < 1.29 is 34.5 Å². The first kappa shape index (κ1) is 27.7. The lowest BCUT2D eigenvalue weighted by Crippen LogP contribution is -2.52. The molecule has 184 valence electrons. The quantitative estimate of drug-likeness (QED) is 0.106. The number of aliphatic carboxylic acids is 3. The van der Waals surface area contributed by atoms with E-state index >= 15 is 0 Å². The second-order valence-corrected chi connectivity index (χ2v) is 7.74. The maximum atomic E-state index is 12.3. The van der Waals surface area contributed by atoms with E-state index in [1.54, 1.807) is 21.6 Å². The van der Waals surface area contributed by atoms with Crippen molar-refractivity contribution in [1.82, 2.24) is 30.3 Å². The lowest BCUT2D eigenvalue weighted by molar-refractivity contribution is -0.140. The van der Waals surface area contributed by atoms with Crippen LogP contribution in [0.25, 0.3) is 0 Å². The largest absolute Gasteiger partial charge is 0.480 e. The van der Waals surface area contributed by atoms with E-state index in [0.717, 1.165) is 0 Å². The van der Waals surface area contributed by atoms with Gasteiger partial charge in [0.1, 0.15) is 0 Å². The molecule has 1 atom stereocenters. The van der Waals surface area contributed by atoms with Crippen molar-refractivity contribution in [3.8, 4) is 0 Å². The number of nitrogens with one attached hydrogen (secondary N) is 2. The predicted octanol–water partition coefficient (Wildman–Crippen LogP) is -3.61. The maximum Gasteiger partial charge on any atom is 0.317 e. The molecule has 0 aromatic rings. The van der Waals surface area contributed by atoms with Gasteiger partial charge in [0.05, 0.1) is 32.3 Å². The van der Waals surface area contributed by atoms with Crippen molar-refractivity contribution in [1.29, 1.82) is 0 Å². The first-order chi connectivity index (χ1) is 15.1. The van der Waals surface area contributed by atoms with Crippen LogP contribution in [0.1, 0.15) is 6.92 Å². The van der Waals surface area contributed by atoms with Crippen molar-refractivity contribution in [2.45, 2.75) is 13.1 Å². The average molecular weight is 462 g/mol. The van der Waals surface area contributed by atoms with Gasteiger partial charge in [-0.15, -0.1) is 0 Å². The number of amides is 1. The van der Waals surface area contributed by atoms with Crippen LogP contribution in [-0.2, 0) is 19.2 Å². The molecule has 1 heterocycles. The van der Waals surface area contributed by atoms with Gasteiger partial charge in [0.15, 0.2) is 0 Å².